The molecule has 1 aliphatic rings. The number of hydrogen-bond acceptors (Lipinski definition) is 5. The van der Waals surface area contributed by atoms with Gasteiger partial charge in [-0.25, -0.2) is 0 Å². The molecule has 0 spiro atoms. The SMILES string of the molecule is CC1CC1c1noc(C(N)c2cccs2)n1. The Morgan fingerprint density at radius 2 is 2.44 bits per heavy atom. The van der Waals surface area contributed by atoms with Gasteiger partial charge in [0.15, 0.2) is 5.82 Å². The Bertz CT molecular complexity index is 479. The highest BCUT2D eigenvalue weighted by atomic mass is 32.1. The molecular weight excluding hydrogens is 222 g/mol. The third-order valence-corrected chi connectivity index (χ3v) is 3.97. The van der Waals surface area contributed by atoms with Gasteiger partial charge in [0.2, 0.25) is 5.89 Å². The van der Waals surface area contributed by atoms with Crippen LogP contribution in [0.5, 0.6) is 0 Å². The van der Waals surface area contributed by atoms with E-state index in [9.17, 15) is 0 Å². The largest absolute Gasteiger partial charge is 0.337 e. The lowest BCUT2D eigenvalue weighted by Crippen LogP contribution is -2.10. The maximum atomic E-state index is 6.04. The molecule has 4 nitrogen and oxygen atoms in total. The number of nitrogens with two attached hydrogens (primary N) is 1. The molecule has 84 valence electrons. The molecular formula is C11H13N3OS. The fraction of sp³-hybridized carbons (Fsp3) is 0.455. The molecule has 0 saturated heterocycles. The van der Waals surface area contributed by atoms with Gasteiger partial charge in [-0.15, -0.1) is 11.3 Å². The van der Waals surface area contributed by atoms with Crippen molar-refractivity contribution in [1.82, 2.24) is 10.1 Å². The molecule has 0 radical (unpaired) electrons. The van der Waals surface area contributed by atoms with Crippen LogP contribution in [-0.2, 0) is 0 Å². The van der Waals surface area contributed by atoms with Crippen LogP contribution in [0.4, 0.5) is 0 Å². The van der Waals surface area contributed by atoms with Crippen molar-refractivity contribution < 1.29 is 4.52 Å². The van der Waals surface area contributed by atoms with E-state index < -0.39 is 0 Å². The molecule has 1 fully saturated rings. The molecule has 0 bridgehead atoms. The highest BCUT2D eigenvalue weighted by Gasteiger charge is 2.38. The van der Waals surface area contributed by atoms with E-state index in [0.29, 0.717) is 17.7 Å². The molecule has 3 rings (SSSR count). The molecule has 0 aromatic carbocycles. The zero-order valence-corrected chi connectivity index (χ0v) is 9.78. The lowest BCUT2D eigenvalue weighted by Gasteiger charge is -2.01. The van der Waals surface area contributed by atoms with Crippen LogP contribution in [0.25, 0.3) is 0 Å². The second kappa shape index (κ2) is 3.68. The highest BCUT2D eigenvalue weighted by molar-refractivity contribution is 7.10. The Hall–Kier alpha value is -1.20. The number of thiophene rings is 1. The van der Waals surface area contributed by atoms with Gasteiger partial charge in [-0.2, -0.15) is 4.98 Å². The molecule has 3 unspecified atom stereocenters. The normalized spacial score (nSPS) is 25.6. The first-order valence-electron chi connectivity index (χ1n) is 5.38. The van der Waals surface area contributed by atoms with E-state index in [0.717, 1.165) is 17.1 Å². The van der Waals surface area contributed by atoms with Gasteiger partial charge in [-0.1, -0.05) is 18.1 Å². The highest BCUT2D eigenvalue weighted by Crippen LogP contribution is 2.45. The van der Waals surface area contributed by atoms with Gasteiger partial charge >= 0.3 is 0 Å². The molecule has 3 atom stereocenters. The quantitative estimate of drug-likeness (QED) is 0.886. The van der Waals surface area contributed by atoms with E-state index in [1.807, 2.05) is 17.5 Å². The Kier molecular flexibility index (Phi) is 2.29. The minimum absolute atomic E-state index is 0.282. The lowest BCUT2D eigenvalue weighted by atomic mass is 10.2. The second-order valence-corrected chi connectivity index (χ2v) is 5.28. The molecule has 2 N–H and O–H groups in total. The predicted molar refractivity (Wildman–Crippen MR) is 61.2 cm³/mol. The summed E-state index contributed by atoms with van der Waals surface area (Å²) in [6.07, 6.45) is 1.16. The van der Waals surface area contributed by atoms with Gasteiger partial charge in [0.25, 0.3) is 0 Å². The number of nitrogens with zero attached hydrogens (tertiary/aromatic N) is 2. The van der Waals surface area contributed by atoms with Crippen molar-refractivity contribution in [2.24, 2.45) is 11.7 Å². The molecule has 2 aromatic heterocycles. The minimum atomic E-state index is -0.282. The molecule has 1 aliphatic carbocycles. The van der Waals surface area contributed by atoms with Crippen molar-refractivity contribution in [1.29, 1.82) is 0 Å². The summed E-state index contributed by atoms with van der Waals surface area (Å²) in [5.74, 6) is 2.50. The summed E-state index contributed by atoms with van der Waals surface area (Å²) < 4.78 is 5.22. The fourth-order valence-electron chi connectivity index (χ4n) is 1.80. The average molecular weight is 235 g/mol. The Balaban J connectivity index is 1.82. The summed E-state index contributed by atoms with van der Waals surface area (Å²) in [4.78, 5) is 5.44. The summed E-state index contributed by atoms with van der Waals surface area (Å²) in [5.41, 5.74) is 6.04. The van der Waals surface area contributed by atoms with Crippen LogP contribution < -0.4 is 5.73 Å². The van der Waals surface area contributed by atoms with Crippen LogP contribution >= 0.6 is 11.3 Å². The Labute approximate surface area is 97.5 Å². The first kappa shape index (κ1) is 9.99. The lowest BCUT2D eigenvalue weighted by molar-refractivity contribution is 0.363. The number of hydrogen-bond donors (Lipinski definition) is 1. The number of rotatable bonds is 3. The van der Waals surface area contributed by atoms with Gasteiger partial charge in [0, 0.05) is 10.8 Å². The second-order valence-electron chi connectivity index (χ2n) is 4.30. The van der Waals surface area contributed by atoms with E-state index in [-0.39, 0.29) is 6.04 Å². The minimum Gasteiger partial charge on any atom is -0.337 e. The fourth-order valence-corrected chi connectivity index (χ4v) is 2.51. The van der Waals surface area contributed by atoms with E-state index >= 15 is 0 Å². The average Bonchev–Trinajstić information content (AvgIpc) is 2.84. The molecule has 2 aromatic rings. The van der Waals surface area contributed by atoms with Crippen LogP contribution in [0.1, 0.15) is 41.9 Å². The molecule has 0 amide bonds. The van der Waals surface area contributed by atoms with Gasteiger partial charge in [0.05, 0.1) is 0 Å². The standard InChI is InChI=1S/C11H13N3OS/c1-6-5-7(6)10-13-11(15-14-10)9(12)8-3-2-4-16-8/h2-4,6-7,9H,5,12H2,1H3. The van der Waals surface area contributed by atoms with Gasteiger partial charge in [0.1, 0.15) is 6.04 Å². The first-order chi connectivity index (χ1) is 7.75. The van der Waals surface area contributed by atoms with Crippen LogP contribution in [0, 0.1) is 5.92 Å². The Morgan fingerprint density at radius 3 is 3.06 bits per heavy atom. The van der Waals surface area contributed by atoms with Crippen LogP contribution in [0.3, 0.4) is 0 Å². The van der Waals surface area contributed by atoms with Crippen LogP contribution in [0.2, 0.25) is 0 Å². The van der Waals surface area contributed by atoms with Crippen molar-refractivity contribution in [3.63, 3.8) is 0 Å². The molecule has 5 heteroatoms. The van der Waals surface area contributed by atoms with Crippen molar-refractivity contribution in [2.45, 2.75) is 25.3 Å². The van der Waals surface area contributed by atoms with Gasteiger partial charge in [-0.3, -0.25) is 0 Å². The summed E-state index contributed by atoms with van der Waals surface area (Å²) in [5, 5.41) is 5.99. The van der Waals surface area contributed by atoms with Crippen molar-refractivity contribution >= 4 is 11.3 Å². The summed E-state index contributed by atoms with van der Waals surface area (Å²) >= 11 is 1.61. The summed E-state index contributed by atoms with van der Waals surface area (Å²) in [7, 11) is 0. The first-order valence-corrected chi connectivity index (χ1v) is 6.26. The maximum Gasteiger partial charge on any atom is 0.248 e. The molecule has 1 saturated carbocycles. The van der Waals surface area contributed by atoms with E-state index in [2.05, 4.69) is 17.1 Å². The smallest absolute Gasteiger partial charge is 0.248 e. The van der Waals surface area contributed by atoms with Crippen LogP contribution in [0.15, 0.2) is 22.0 Å². The number of aromatic nitrogens is 2. The van der Waals surface area contributed by atoms with E-state index in [1.165, 1.54) is 0 Å². The van der Waals surface area contributed by atoms with Gasteiger partial charge in [-0.05, 0) is 23.8 Å². The molecule has 16 heavy (non-hydrogen) atoms. The zero-order chi connectivity index (χ0) is 11.1. The van der Waals surface area contributed by atoms with Crippen molar-refractivity contribution in [3.8, 4) is 0 Å². The molecule has 2 heterocycles. The third-order valence-electron chi connectivity index (χ3n) is 3.01. The molecule has 0 aliphatic heterocycles. The van der Waals surface area contributed by atoms with Crippen molar-refractivity contribution in [3.05, 3.63) is 34.1 Å². The topological polar surface area (TPSA) is 64.9 Å². The van der Waals surface area contributed by atoms with E-state index in [1.54, 1.807) is 11.3 Å². The third kappa shape index (κ3) is 1.66. The monoisotopic (exact) mass is 235 g/mol. The van der Waals surface area contributed by atoms with Crippen molar-refractivity contribution in [2.75, 3.05) is 0 Å². The summed E-state index contributed by atoms with van der Waals surface area (Å²) in [6, 6.07) is 3.68. The van der Waals surface area contributed by atoms with Gasteiger partial charge < -0.3 is 10.3 Å². The zero-order valence-electron chi connectivity index (χ0n) is 8.96. The Morgan fingerprint density at radius 1 is 1.62 bits per heavy atom. The maximum absolute atomic E-state index is 6.04. The van der Waals surface area contributed by atoms with E-state index in [4.69, 9.17) is 10.3 Å². The predicted octanol–water partition coefficient (Wildman–Crippen LogP) is 2.30. The summed E-state index contributed by atoms with van der Waals surface area (Å²) in [6.45, 7) is 2.19. The van der Waals surface area contributed by atoms with Crippen LogP contribution in [-0.4, -0.2) is 10.1 Å².